The van der Waals surface area contributed by atoms with E-state index in [0.29, 0.717) is 11.3 Å². The number of nitrogens with zero attached hydrogens (tertiary/aromatic N) is 1. The Kier molecular flexibility index (Phi) is 3.43. The van der Waals surface area contributed by atoms with Gasteiger partial charge in [0.2, 0.25) is 0 Å². The van der Waals surface area contributed by atoms with Crippen LogP contribution in [-0.2, 0) is 9.59 Å². The first-order chi connectivity index (χ1) is 9.41. The number of benzene rings is 1. The van der Waals surface area contributed by atoms with Crippen LogP contribution in [0.15, 0.2) is 35.5 Å². The number of carbonyl (C=O) groups excluding carboxylic acids is 1. The van der Waals surface area contributed by atoms with Gasteiger partial charge >= 0.3 is 11.9 Å². The Hall–Kier alpha value is -2.83. The fourth-order valence-corrected chi connectivity index (χ4v) is 1.99. The Balaban J connectivity index is 2.61. The molecule has 0 atom stereocenters. The van der Waals surface area contributed by atoms with Gasteiger partial charge in [-0.05, 0) is 12.1 Å². The first-order valence-electron chi connectivity index (χ1n) is 5.73. The third-order valence-corrected chi connectivity index (χ3v) is 2.91. The van der Waals surface area contributed by atoms with Crippen LogP contribution in [0.2, 0.25) is 0 Å². The molecular weight excluding hydrogens is 264 g/mol. The van der Waals surface area contributed by atoms with E-state index in [4.69, 9.17) is 10.2 Å². The van der Waals surface area contributed by atoms with Crippen LogP contribution in [0.1, 0.15) is 10.4 Å². The molecule has 1 aliphatic rings. The van der Waals surface area contributed by atoms with Crippen LogP contribution in [0.5, 0.6) is 0 Å². The molecule has 0 spiro atoms. The van der Waals surface area contributed by atoms with Crippen molar-refractivity contribution in [2.24, 2.45) is 0 Å². The summed E-state index contributed by atoms with van der Waals surface area (Å²) in [6.07, 6.45) is 0. The first-order valence-corrected chi connectivity index (χ1v) is 5.73. The lowest BCUT2D eigenvalue weighted by molar-refractivity contribution is -0.140. The summed E-state index contributed by atoms with van der Waals surface area (Å²) in [5, 5.41) is 20.8. The monoisotopic (exact) mass is 276 g/mol. The standard InChI is InChI=1S/C13H12N2O5/c1-15-6-9(10(12(17)18)13(19)20)14-8-5-3-2-4-7(8)11(15)16/h2-5,14H,6H2,1H3,(H,17,18)(H,19,20). The number of fused-ring (bicyclic) bond motifs is 1. The van der Waals surface area contributed by atoms with Gasteiger partial charge in [0.05, 0.1) is 23.5 Å². The smallest absolute Gasteiger partial charge is 0.345 e. The molecule has 7 nitrogen and oxygen atoms in total. The molecule has 1 aromatic carbocycles. The van der Waals surface area contributed by atoms with E-state index in [2.05, 4.69) is 5.32 Å². The highest BCUT2D eigenvalue weighted by Gasteiger charge is 2.28. The van der Waals surface area contributed by atoms with Crippen LogP contribution in [-0.4, -0.2) is 46.6 Å². The molecular formula is C13H12N2O5. The minimum absolute atomic E-state index is 0.0363. The number of aliphatic carboxylic acids is 2. The fraction of sp³-hybridized carbons (Fsp3) is 0.154. The van der Waals surface area contributed by atoms with Gasteiger partial charge in [0, 0.05) is 7.05 Å². The average molecular weight is 276 g/mol. The molecule has 7 heteroatoms. The number of nitrogens with one attached hydrogen (secondary N) is 1. The van der Waals surface area contributed by atoms with E-state index in [-0.39, 0.29) is 18.1 Å². The Morgan fingerprint density at radius 2 is 1.80 bits per heavy atom. The van der Waals surface area contributed by atoms with Gasteiger partial charge in [-0.25, -0.2) is 9.59 Å². The van der Waals surface area contributed by atoms with Gasteiger partial charge in [-0.15, -0.1) is 0 Å². The molecule has 1 aromatic rings. The summed E-state index contributed by atoms with van der Waals surface area (Å²) in [7, 11) is 1.48. The van der Waals surface area contributed by atoms with Gasteiger partial charge in [0.1, 0.15) is 0 Å². The molecule has 0 aromatic heterocycles. The summed E-state index contributed by atoms with van der Waals surface area (Å²) < 4.78 is 0. The first kappa shape index (κ1) is 13.6. The molecule has 3 N–H and O–H groups in total. The molecule has 104 valence electrons. The van der Waals surface area contributed by atoms with Crippen LogP contribution in [0.3, 0.4) is 0 Å². The summed E-state index contributed by atoms with van der Waals surface area (Å²) in [5.74, 6) is -3.42. The number of carboxylic acids is 2. The second-order valence-electron chi connectivity index (χ2n) is 4.30. The van der Waals surface area contributed by atoms with Crippen molar-refractivity contribution in [3.05, 3.63) is 41.1 Å². The van der Waals surface area contributed by atoms with Gasteiger partial charge in [-0.2, -0.15) is 0 Å². The highest BCUT2D eigenvalue weighted by Crippen LogP contribution is 2.24. The van der Waals surface area contributed by atoms with E-state index in [0.717, 1.165) is 0 Å². The summed E-state index contributed by atoms with van der Waals surface area (Å²) in [6.45, 7) is -0.124. The summed E-state index contributed by atoms with van der Waals surface area (Å²) in [6, 6.07) is 6.53. The van der Waals surface area contributed by atoms with Crippen LogP contribution >= 0.6 is 0 Å². The van der Waals surface area contributed by atoms with E-state index in [9.17, 15) is 14.4 Å². The van der Waals surface area contributed by atoms with Crippen molar-refractivity contribution in [1.82, 2.24) is 4.90 Å². The molecule has 1 heterocycles. The number of hydrogen-bond donors (Lipinski definition) is 3. The number of rotatable bonds is 2. The second kappa shape index (κ2) is 5.04. The van der Waals surface area contributed by atoms with E-state index in [1.165, 1.54) is 11.9 Å². The quantitative estimate of drug-likeness (QED) is 0.415. The van der Waals surface area contributed by atoms with Gasteiger partial charge in [-0.1, -0.05) is 12.1 Å². The zero-order valence-corrected chi connectivity index (χ0v) is 10.6. The third-order valence-electron chi connectivity index (χ3n) is 2.91. The summed E-state index contributed by atoms with van der Waals surface area (Å²) in [5.41, 5.74) is -0.0656. The lowest BCUT2D eigenvalue weighted by Crippen LogP contribution is -2.29. The van der Waals surface area contributed by atoms with Crippen molar-refractivity contribution in [3.63, 3.8) is 0 Å². The molecule has 0 radical (unpaired) electrons. The third kappa shape index (κ3) is 2.33. The Morgan fingerprint density at radius 1 is 1.20 bits per heavy atom. The number of carbonyl (C=O) groups is 3. The molecule has 0 saturated heterocycles. The zero-order valence-electron chi connectivity index (χ0n) is 10.6. The molecule has 0 saturated carbocycles. The highest BCUT2D eigenvalue weighted by molar-refractivity contribution is 6.14. The van der Waals surface area contributed by atoms with Gasteiger partial charge in [-0.3, -0.25) is 4.79 Å². The van der Waals surface area contributed by atoms with E-state index in [1.54, 1.807) is 24.3 Å². The topological polar surface area (TPSA) is 107 Å². The average Bonchev–Trinajstić information content (AvgIpc) is 2.48. The van der Waals surface area contributed by atoms with Crippen LogP contribution in [0.4, 0.5) is 5.69 Å². The van der Waals surface area contributed by atoms with Gasteiger partial charge in [0.15, 0.2) is 5.57 Å². The lowest BCUT2D eigenvalue weighted by Gasteiger charge is -2.15. The largest absolute Gasteiger partial charge is 0.477 e. The molecule has 20 heavy (non-hydrogen) atoms. The van der Waals surface area contributed by atoms with Gasteiger partial charge in [0.25, 0.3) is 5.91 Å². The predicted octanol–water partition coefficient (Wildman–Crippen LogP) is 0.607. The van der Waals surface area contributed by atoms with Crippen molar-refractivity contribution in [3.8, 4) is 0 Å². The highest BCUT2D eigenvalue weighted by atomic mass is 16.4. The Bertz CT molecular complexity index is 619. The maximum absolute atomic E-state index is 12.1. The minimum Gasteiger partial charge on any atom is -0.477 e. The number of para-hydroxylation sites is 1. The normalized spacial score (nSPS) is 14.2. The van der Waals surface area contributed by atoms with Gasteiger partial charge < -0.3 is 20.4 Å². The fourth-order valence-electron chi connectivity index (χ4n) is 1.99. The van der Waals surface area contributed by atoms with E-state index in [1.807, 2.05) is 0 Å². The minimum atomic E-state index is -1.56. The maximum atomic E-state index is 12.1. The van der Waals surface area contributed by atoms with Crippen LogP contribution in [0, 0.1) is 0 Å². The number of amides is 1. The molecule has 0 unspecified atom stereocenters. The SMILES string of the molecule is CN1CC(=C(C(=O)O)C(=O)O)Nc2ccccc2C1=O. The van der Waals surface area contributed by atoms with Crippen molar-refractivity contribution in [2.75, 3.05) is 18.9 Å². The molecule has 0 bridgehead atoms. The molecule has 0 fully saturated rings. The van der Waals surface area contributed by atoms with Crippen molar-refractivity contribution < 1.29 is 24.6 Å². The van der Waals surface area contributed by atoms with Crippen LogP contribution in [0.25, 0.3) is 0 Å². The predicted molar refractivity (Wildman–Crippen MR) is 69.3 cm³/mol. The summed E-state index contributed by atoms with van der Waals surface area (Å²) in [4.78, 5) is 35.5. The molecule has 0 aliphatic carbocycles. The van der Waals surface area contributed by atoms with E-state index >= 15 is 0 Å². The number of carboxylic acid groups (broad SMARTS) is 2. The lowest BCUT2D eigenvalue weighted by atomic mass is 10.1. The number of hydrogen-bond acceptors (Lipinski definition) is 4. The number of anilines is 1. The zero-order chi connectivity index (χ0) is 14.9. The number of likely N-dealkylation sites (N-methyl/N-ethyl adjacent to an activating group) is 1. The van der Waals surface area contributed by atoms with E-state index < -0.39 is 17.5 Å². The summed E-state index contributed by atoms with van der Waals surface area (Å²) >= 11 is 0. The van der Waals surface area contributed by atoms with Crippen LogP contribution < -0.4 is 5.32 Å². The second-order valence-corrected chi connectivity index (χ2v) is 4.30. The maximum Gasteiger partial charge on any atom is 0.345 e. The Labute approximate surface area is 114 Å². The Morgan fingerprint density at radius 3 is 2.40 bits per heavy atom. The van der Waals surface area contributed by atoms with Crippen molar-refractivity contribution in [2.45, 2.75) is 0 Å². The molecule has 2 rings (SSSR count). The van der Waals surface area contributed by atoms with Crippen molar-refractivity contribution >= 4 is 23.5 Å². The molecule has 1 amide bonds. The van der Waals surface area contributed by atoms with Crippen molar-refractivity contribution in [1.29, 1.82) is 0 Å². The molecule has 1 aliphatic heterocycles.